The monoisotopic (exact) mass is 489 g/mol. The average molecular weight is 490 g/mol. The van der Waals surface area contributed by atoms with Crippen LogP contribution in [0.4, 0.5) is 0 Å². The standard InChI is InChI=1S/C23H27N3O5S2/c1-3-26-20-8-7-19(14-21(20)32-23(26)28)33(29,30)25-11-9-17(10-12-25)22(27)24-15-16-5-4-6-18(13-16)31-2/h4-8,13-14,17H,3,9-12,15H2,1-2H3,(H,24,27). The summed E-state index contributed by atoms with van der Waals surface area (Å²) < 4.78 is 35.3. The zero-order chi connectivity index (χ0) is 23.6. The summed E-state index contributed by atoms with van der Waals surface area (Å²) in [6, 6.07) is 12.3. The van der Waals surface area contributed by atoms with Crippen molar-refractivity contribution in [1.29, 1.82) is 0 Å². The van der Waals surface area contributed by atoms with Gasteiger partial charge >= 0.3 is 4.87 Å². The second-order valence-corrected chi connectivity index (χ2v) is 10.9. The highest BCUT2D eigenvalue weighted by Crippen LogP contribution is 2.27. The lowest BCUT2D eigenvalue weighted by Gasteiger charge is -2.30. The van der Waals surface area contributed by atoms with Crippen LogP contribution in [0.15, 0.2) is 52.2 Å². The Bertz CT molecular complexity index is 1320. The van der Waals surface area contributed by atoms with E-state index in [2.05, 4.69) is 5.32 Å². The SMILES string of the molecule is CCn1c(=O)sc2cc(S(=O)(=O)N3CCC(C(=O)NCc4cccc(OC)c4)CC3)ccc21. The fourth-order valence-corrected chi connectivity index (χ4v) is 6.70. The molecule has 0 unspecified atom stereocenters. The molecule has 8 nitrogen and oxygen atoms in total. The van der Waals surface area contributed by atoms with Crippen molar-refractivity contribution < 1.29 is 17.9 Å². The van der Waals surface area contributed by atoms with Crippen LogP contribution in [-0.2, 0) is 27.9 Å². The molecule has 1 aromatic heterocycles. The topological polar surface area (TPSA) is 97.7 Å². The Hall–Kier alpha value is -2.69. The molecular weight excluding hydrogens is 462 g/mol. The maximum absolute atomic E-state index is 13.2. The zero-order valence-electron chi connectivity index (χ0n) is 18.6. The summed E-state index contributed by atoms with van der Waals surface area (Å²) in [5.74, 6) is 0.437. The van der Waals surface area contributed by atoms with E-state index in [1.54, 1.807) is 29.9 Å². The van der Waals surface area contributed by atoms with Crippen LogP contribution >= 0.6 is 11.3 Å². The van der Waals surface area contributed by atoms with E-state index in [4.69, 9.17) is 4.74 Å². The second kappa shape index (κ2) is 9.66. The quantitative estimate of drug-likeness (QED) is 0.550. The molecule has 1 saturated heterocycles. The van der Waals surface area contributed by atoms with Crippen LogP contribution in [0.25, 0.3) is 10.2 Å². The third kappa shape index (κ3) is 4.83. The van der Waals surface area contributed by atoms with Gasteiger partial charge in [0.15, 0.2) is 0 Å². The Kier molecular flexibility index (Phi) is 6.87. The number of methoxy groups -OCH3 is 1. The normalized spacial score (nSPS) is 15.6. The van der Waals surface area contributed by atoms with E-state index in [-0.39, 0.29) is 34.7 Å². The van der Waals surface area contributed by atoms with Gasteiger partial charge in [-0.15, -0.1) is 0 Å². The van der Waals surface area contributed by atoms with E-state index in [1.807, 2.05) is 31.2 Å². The lowest BCUT2D eigenvalue weighted by Crippen LogP contribution is -2.42. The predicted octanol–water partition coefficient (Wildman–Crippen LogP) is 2.81. The average Bonchev–Trinajstić information content (AvgIpc) is 3.16. The van der Waals surface area contributed by atoms with Crippen molar-refractivity contribution in [3.05, 3.63) is 57.7 Å². The van der Waals surface area contributed by atoms with Crippen LogP contribution in [-0.4, -0.2) is 43.4 Å². The van der Waals surface area contributed by atoms with Crippen molar-refractivity contribution in [3.8, 4) is 5.75 Å². The minimum absolute atomic E-state index is 0.0676. The number of benzene rings is 2. The first-order valence-corrected chi connectivity index (χ1v) is 13.1. The Morgan fingerprint density at radius 2 is 1.94 bits per heavy atom. The molecule has 1 aliphatic heterocycles. The van der Waals surface area contributed by atoms with Gasteiger partial charge in [-0.05, 0) is 55.7 Å². The van der Waals surface area contributed by atoms with Crippen molar-refractivity contribution >= 4 is 37.5 Å². The number of nitrogens with zero attached hydrogens (tertiary/aromatic N) is 2. The third-order valence-electron chi connectivity index (χ3n) is 6.02. The van der Waals surface area contributed by atoms with E-state index in [1.165, 1.54) is 4.31 Å². The van der Waals surface area contributed by atoms with Crippen LogP contribution in [0.1, 0.15) is 25.3 Å². The number of nitrogens with one attached hydrogen (secondary N) is 1. The number of piperidine rings is 1. The Morgan fingerprint density at radius 3 is 2.64 bits per heavy atom. The third-order valence-corrected chi connectivity index (χ3v) is 8.86. The maximum Gasteiger partial charge on any atom is 0.308 e. The summed E-state index contributed by atoms with van der Waals surface area (Å²) in [5.41, 5.74) is 1.69. The van der Waals surface area contributed by atoms with Crippen molar-refractivity contribution in [3.63, 3.8) is 0 Å². The van der Waals surface area contributed by atoms with Crippen molar-refractivity contribution in [1.82, 2.24) is 14.2 Å². The second-order valence-electron chi connectivity index (χ2n) is 7.99. The smallest absolute Gasteiger partial charge is 0.308 e. The van der Waals surface area contributed by atoms with Gasteiger partial charge in [0.25, 0.3) is 0 Å². The molecule has 4 rings (SSSR count). The Morgan fingerprint density at radius 1 is 1.18 bits per heavy atom. The number of rotatable bonds is 7. The van der Waals surface area contributed by atoms with E-state index < -0.39 is 10.0 Å². The number of amides is 1. The van der Waals surface area contributed by atoms with Gasteiger partial charge in [-0.25, -0.2) is 8.42 Å². The molecule has 3 aromatic rings. The summed E-state index contributed by atoms with van der Waals surface area (Å²) in [5, 5.41) is 2.95. The maximum atomic E-state index is 13.2. The fraction of sp³-hybridized carbons (Fsp3) is 0.391. The number of carbonyl (C=O) groups excluding carboxylic acids is 1. The van der Waals surface area contributed by atoms with Gasteiger partial charge in [-0.1, -0.05) is 23.5 Å². The van der Waals surface area contributed by atoms with Crippen LogP contribution in [0, 0.1) is 5.92 Å². The highest BCUT2D eigenvalue weighted by Gasteiger charge is 2.32. The summed E-state index contributed by atoms with van der Waals surface area (Å²) in [4.78, 5) is 24.8. The Balaban J connectivity index is 1.39. The van der Waals surface area contributed by atoms with E-state index in [0.717, 1.165) is 28.2 Å². The number of sulfonamides is 1. The predicted molar refractivity (Wildman–Crippen MR) is 128 cm³/mol. The van der Waals surface area contributed by atoms with Crippen LogP contribution in [0.5, 0.6) is 5.75 Å². The zero-order valence-corrected chi connectivity index (χ0v) is 20.2. The van der Waals surface area contributed by atoms with Crippen molar-refractivity contribution in [2.24, 2.45) is 5.92 Å². The van der Waals surface area contributed by atoms with Crippen LogP contribution < -0.4 is 14.9 Å². The highest BCUT2D eigenvalue weighted by molar-refractivity contribution is 7.89. The molecule has 33 heavy (non-hydrogen) atoms. The number of aryl methyl sites for hydroxylation is 1. The number of fused-ring (bicyclic) bond motifs is 1. The molecule has 0 aliphatic carbocycles. The van der Waals surface area contributed by atoms with E-state index in [0.29, 0.717) is 30.6 Å². The minimum Gasteiger partial charge on any atom is -0.497 e. The number of hydrogen-bond donors (Lipinski definition) is 1. The first-order valence-electron chi connectivity index (χ1n) is 10.9. The fourth-order valence-electron chi connectivity index (χ4n) is 4.13. The summed E-state index contributed by atoms with van der Waals surface area (Å²) in [7, 11) is -2.10. The molecule has 1 fully saturated rings. The number of hydrogen-bond acceptors (Lipinski definition) is 6. The number of thiazole rings is 1. The molecule has 2 heterocycles. The molecule has 176 valence electrons. The highest BCUT2D eigenvalue weighted by atomic mass is 32.2. The lowest BCUT2D eigenvalue weighted by atomic mass is 9.97. The molecule has 0 saturated carbocycles. The molecule has 0 atom stereocenters. The van der Waals surface area contributed by atoms with Gasteiger partial charge in [0.1, 0.15) is 5.75 Å². The number of ether oxygens (including phenoxy) is 1. The summed E-state index contributed by atoms with van der Waals surface area (Å²) in [6.45, 7) is 3.38. The molecular formula is C23H27N3O5S2. The van der Waals surface area contributed by atoms with Crippen LogP contribution in [0.3, 0.4) is 0 Å². The molecule has 0 radical (unpaired) electrons. The molecule has 2 aromatic carbocycles. The Labute approximate surface area is 196 Å². The molecule has 10 heteroatoms. The van der Waals surface area contributed by atoms with Crippen molar-refractivity contribution in [2.45, 2.75) is 37.8 Å². The van der Waals surface area contributed by atoms with Gasteiger partial charge in [-0.3, -0.25) is 14.2 Å². The molecule has 0 bridgehead atoms. The molecule has 1 amide bonds. The summed E-state index contributed by atoms with van der Waals surface area (Å²) in [6.07, 6.45) is 0.927. The first kappa shape index (κ1) is 23.5. The molecule has 0 spiro atoms. The number of carbonyl (C=O) groups is 1. The van der Waals surface area contributed by atoms with E-state index >= 15 is 0 Å². The number of aromatic nitrogens is 1. The van der Waals surface area contributed by atoms with Gasteiger partial charge in [-0.2, -0.15) is 4.31 Å². The molecule has 1 aliphatic rings. The summed E-state index contributed by atoms with van der Waals surface area (Å²) >= 11 is 1.05. The lowest BCUT2D eigenvalue weighted by molar-refractivity contribution is -0.126. The van der Waals surface area contributed by atoms with Crippen molar-refractivity contribution in [2.75, 3.05) is 20.2 Å². The molecule has 1 N–H and O–H groups in total. The van der Waals surface area contributed by atoms with Gasteiger partial charge < -0.3 is 10.1 Å². The van der Waals surface area contributed by atoms with E-state index in [9.17, 15) is 18.0 Å². The first-order chi connectivity index (χ1) is 15.8. The largest absolute Gasteiger partial charge is 0.497 e. The van der Waals surface area contributed by atoms with Crippen LogP contribution in [0.2, 0.25) is 0 Å². The van der Waals surface area contributed by atoms with Gasteiger partial charge in [0, 0.05) is 32.1 Å². The van der Waals surface area contributed by atoms with Gasteiger partial charge in [0.2, 0.25) is 15.9 Å². The minimum atomic E-state index is -3.69. The van der Waals surface area contributed by atoms with Gasteiger partial charge in [0.05, 0.1) is 22.2 Å².